The number of imidazole rings is 1. The lowest BCUT2D eigenvalue weighted by atomic mass is 10.1. The highest BCUT2D eigenvalue weighted by Crippen LogP contribution is 2.44. The number of anilines is 1. The molecule has 1 amide bonds. The molecule has 0 radical (unpaired) electrons. The van der Waals surface area contributed by atoms with Crippen LogP contribution in [0.5, 0.6) is 0 Å². The third kappa shape index (κ3) is 3.74. The lowest BCUT2D eigenvalue weighted by Gasteiger charge is -2.15. The number of carboxylic acid groups (broad SMARTS) is 1. The molecular formula is C16H21N3O2S. The highest BCUT2D eigenvalue weighted by molar-refractivity contribution is 8.00. The average molecular weight is 319 g/mol. The van der Waals surface area contributed by atoms with Gasteiger partial charge in [-0.25, -0.2) is 9.78 Å². The van der Waals surface area contributed by atoms with Gasteiger partial charge in [-0.2, -0.15) is 0 Å². The molecule has 1 heterocycles. The SMILES string of the molecule is CCCCC(Sc1ccc2[nH]c(NC(=O)O)nc2c1)C1CC1. The number of aromatic nitrogens is 2. The maximum atomic E-state index is 10.7. The number of benzene rings is 1. The zero-order chi connectivity index (χ0) is 15.5. The molecule has 1 atom stereocenters. The Kier molecular flexibility index (Phi) is 4.57. The van der Waals surface area contributed by atoms with Crippen LogP contribution in [0.3, 0.4) is 0 Å². The smallest absolute Gasteiger partial charge is 0.411 e. The van der Waals surface area contributed by atoms with Crippen LogP contribution in [-0.2, 0) is 0 Å². The average Bonchev–Trinajstić information content (AvgIpc) is 3.23. The predicted molar refractivity (Wildman–Crippen MR) is 89.6 cm³/mol. The third-order valence-electron chi connectivity index (χ3n) is 3.96. The normalized spacial score (nSPS) is 15.9. The Morgan fingerprint density at radius 3 is 3.05 bits per heavy atom. The first kappa shape index (κ1) is 15.2. The summed E-state index contributed by atoms with van der Waals surface area (Å²) in [5.74, 6) is 1.14. The Morgan fingerprint density at radius 1 is 1.55 bits per heavy atom. The minimum atomic E-state index is -1.11. The molecule has 3 N–H and O–H groups in total. The van der Waals surface area contributed by atoms with E-state index in [2.05, 4.69) is 28.3 Å². The first-order valence-electron chi connectivity index (χ1n) is 7.82. The summed E-state index contributed by atoms with van der Waals surface area (Å²) in [4.78, 5) is 19.1. The topological polar surface area (TPSA) is 78.0 Å². The molecule has 1 fully saturated rings. The molecule has 6 heteroatoms. The van der Waals surface area contributed by atoms with Crippen LogP contribution in [0.25, 0.3) is 11.0 Å². The molecule has 118 valence electrons. The molecule has 1 aliphatic rings. The number of unbranched alkanes of at least 4 members (excludes halogenated alkanes) is 1. The number of nitrogens with one attached hydrogen (secondary N) is 2. The second-order valence-electron chi connectivity index (χ2n) is 5.83. The van der Waals surface area contributed by atoms with Crippen molar-refractivity contribution in [3.05, 3.63) is 18.2 Å². The Balaban J connectivity index is 1.74. The van der Waals surface area contributed by atoms with Gasteiger partial charge in [-0.15, -0.1) is 11.8 Å². The van der Waals surface area contributed by atoms with E-state index in [1.54, 1.807) is 0 Å². The van der Waals surface area contributed by atoms with Crippen molar-refractivity contribution in [3.8, 4) is 0 Å². The third-order valence-corrected chi connectivity index (χ3v) is 5.41. The summed E-state index contributed by atoms with van der Waals surface area (Å²) in [5, 5.41) is 11.7. The molecule has 1 aromatic heterocycles. The second-order valence-corrected chi connectivity index (χ2v) is 7.14. The molecule has 5 nitrogen and oxygen atoms in total. The maximum Gasteiger partial charge on any atom is 0.411 e. The van der Waals surface area contributed by atoms with Gasteiger partial charge in [-0.3, -0.25) is 5.32 Å². The van der Waals surface area contributed by atoms with Gasteiger partial charge in [-0.05, 0) is 43.4 Å². The summed E-state index contributed by atoms with van der Waals surface area (Å²) in [5.41, 5.74) is 1.66. The van der Waals surface area contributed by atoms with Gasteiger partial charge in [0.15, 0.2) is 0 Å². The number of H-pyrrole nitrogens is 1. The first-order chi connectivity index (χ1) is 10.7. The van der Waals surface area contributed by atoms with Gasteiger partial charge in [0.1, 0.15) is 0 Å². The van der Waals surface area contributed by atoms with Gasteiger partial charge in [0, 0.05) is 10.1 Å². The molecule has 0 bridgehead atoms. The molecule has 0 spiro atoms. The molecule has 1 saturated carbocycles. The quantitative estimate of drug-likeness (QED) is 0.646. The standard InChI is InChI=1S/C16H21N3O2S/c1-2-3-4-14(10-5-6-10)22-11-7-8-12-13(9-11)18-15(17-12)19-16(20)21/h7-10,14H,2-6H2,1H3,(H,20,21)(H2,17,18,19). The van der Waals surface area contributed by atoms with Crippen LogP contribution in [-0.4, -0.2) is 26.4 Å². The number of amides is 1. The van der Waals surface area contributed by atoms with Crippen LogP contribution in [0.2, 0.25) is 0 Å². The fourth-order valence-corrected chi connectivity index (χ4v) is 4.08. The van der Waals surface area contributed by atoms with E-state index >= 15 is 0 Å². The largest absolute Gasteiger partial charge is 0.465 e. The molecule has 0 saturated heterocycles. The van der Waals surface area contributed by atoms with Crippen LogP contribution in [0, 0.1) is 5.92 Å². The van der Waals surface area contributed by atoms with Gasteiger partial charge in [-0.1, -0.05) is 19.8 Å². The van der Waals surface area contributed by atoms with Gasteiger partial charge in [0.2, 0.25) is 5.95 Å². The maximum absolute atomic E-state index is 10.7. The highest BCUT2D eigenvalue weighted by Gasteiger charge is 2.31. The van der Waals surface area contributed by atoms with E-state index in [0.29, 0.717) is 5.25 Å². The van der Waals surface area contributed by atoms with Crippen molar-refractivity contribution in [2.75, 3.05) is 5.32 Å². The van der Waals surface area contributed by atoms with Crippen molar-refractivity contribution in [3.63, 3.8) is 0 Å². The lowest BCUT2D eigenvalue weighted by molar-refractivity contribution is 0.209. The van der Waals surface area contributed by atoms with Crippen LogP contribution in [0.15, 0.2) is 23.1 Å². The lowest BCUT2D eigenvalue weighted by Crippen LogP contribution is -2.08. The minimum absolute atomic E-state index is 0.273. The summed E-state index contributed by atoms with van der Waals surface area (Å²) in [6.07, 6.45) is 5.41. The molecule has 0 aliphatic heterocycles. The van der Waals surface area contributed by atoms with Crippen LogP contribution in [0.1, 0.15) is 39.0 Å². The minimum Gasteiger partial charge on any atom is -0.465 e. The van der Waals surface area contributed by atoms with Gasteiger partial charge < -0.3 is 10.1 Å². The molecule has 1 aliphatic carbocycles. The zero-order valence-corrected chi connectivity index (χ0v) is 13.4. The van der Waals surface area contributed by atoms with E-state index < -0.39 is 6.09 Å². The molecular weight excluding hydrogens is 298 g/mol. The van der Waals surface area contributed by atoms with Crippen LogP contribution in [0.4, 0.5) is 10.7 Å². The van der Waals surface area contributed by atoms with E-state index in [9.17, 15) is 4.79 Å². The number of nitrogens with zero attached hydrogens (tertiary/aromatic N) is 1. The van der Waals surface area contributed by atoms with Crippen molar-refractivity contribution in [1.82, 2.24) is 9.97 Å². The zero-order valence-electron chi connectivity index (χ0n) is 12.6. The molecule has 1 unspecified atom stereocenters. The van der Waals surface area contributed by atoms with Crippen LogP contribution >= 0.6 is 11.8 Å². The first-order valence-corrected chi connectivity index (χ1v) is 8.70. The summed E-state index contributed by atoms with van der Waals surface area (Å²) in [6, 6.07) is 6.11. The van der Waals surface area contributed by atoms with Gasteiger partial charge >= 0.3 is 6.09 Å². The number of thioether (sulfide) groups is 1. The number of carbonyl (C=O) groups is 1. The van der Waals surface area contributed by atoms with Crippen molar-refractivity contribution in [2.45, 2.75) is 49.2 Å². The van der Waals surface area contributed by atoms with Crippen molar-refractivity contribution in [1.29, 1.82) is 0 Å². The number of fused-ring (bicyclic) bond motifs is 1. The van der Waals surface area contributed by atoms with E-state index in [0.717, 1.165) is 17.0 Å². The van der Waals surface area contributed by atoms with E-state index in [1.165, 1.54) is 37.0 Å². The van der Waals surface area contributed by atoms with Gasteiger partial charge in [0.25, 0.3) is 0 Å². The molecule has 3 rings (SSSR count). The Bertz CT molecular complexity index is 666. The van der Waals surface area contributed by atoms with Crippen molar-refractivity contribution < 1.29 is 9.90 Å². The number of rotatable bonds is 7. The Labute approximate surface area is 133 Å². The molecule has 2 aromatic rings. The monoisotopic (exact) mass is 319 g/mol. The Morgan fingerprint density at radius 2 is 2.36 bits per heavy atom. The summed E-state index contributed by atoms with van der Waals surface area (Å²) < 4.78 is 0. The summed E-state index contributed by atoms with van der Waals surface area (Å²) in [7, 11) is 0. The van der Waals surface area contributed by atoms with E-state index in [1.807, 2.05) is 23.9 Å². The highest BCUT2D eigenvalue weighted by atomic mass is 32.2. The van der Waals surface area contributed by atoms with E-state index in [4.69, 9.17) is 5.11 Å². The van der Waals surface area contributed by atoms with Crippen molar-refractivity contribution >= 4 is 34.8 Å². The van der Waals surface area contributed by atoms with Gasteiger partial charge in [0.05, 0.1) is 11.0 Å². The fourth-order valence-electron chi connectivity index (χ4n) is 2.66. The Hall–Kier alpha value is -1.69. The molecule has 22 heavy (non-hydrogen) atoms. The number of hydrogen-bond donors (Lipinski definition) is 3. The van der Waals surface area contributed by atoms with Crippen molar-refractivity contribution in [2.24, 2.45) is 5.92 Å². The fraction of sp³-hybridized carbons (Fsp3) is 0.500. The second kappa shape index (κ2) is 6.60. The number of aromatic amines is 1. The predicted octanol–water partition coefficient (Wildman–Crippen LogP) is 4.71. The van der Waals surface area contributed by atoms with E-state index in [-0.39, 0.29) is 5.95 Å². The molecule has 1 aromatic carbocycles. The number of hydrogen-bond acceptors (Lipinski definition) is 3. The summed E-state index contributed by atoms with van der Waals surface area (Å²) >= 11 is 1.95. The summed E-state index contributed by atoms with van der Waals surface area (Å²) in [6.45, 7) is 2.24. The van der Waals surface area contributed by atoms with Crippen LogP contribution < -0.4 is 5.32 Å².